The van der Waals surface area contributed by atoms with Crippen molar-refractivity contribution < 1.29 is 19.1 Å². The molecule has 1 aromatic rings. The van der Waals surface area contributed by atoms with Gasteiger partial charge in [0.2, 0.25) is 11.8 Å². The molecule has 0 fully saturated rings. The number of nitrogens with one attached hydrogen (secondary N) is 2. The molecule has 9 heteroatoms. The van der Waals surface area contributed by atoms with E-state index in [1.165, 1.54) is 0 Å². The van der Waals surface area contributed by atoms with Gasteiger partial charge in [0.1, 0.15) is 11.6 Å². The van der Waals surface area contributed by atoms with E-state index in [2.05, 4.69) is 26.6 Å². The molecule has 1 atom stereocenters. The molecule has 0 saturated carbocycles. The van der Waals surface area contributed by atoms with Gasteiger partial charge in [-0.05, 0) is 45.4 Å². The summed E-state index contributed by atoms with van der Waals surface area (Å²) in [5.74, 6) is -1.09. The summed E-state index contributed by atoms with van der Waals surface area (Å²) in [5.41, 5.74) is 4.86. The molecule has 0 radical (unpaired) electrons. The van der Waals surface area contributed by atoms with Gasteiger partial charge >= 0.3 is 6.09 Å². The molecule has 0 heterocycles. The lowest BCUT2D eigenvalue weighted by atomic mass is 10.1. The Balaban J connectivity index is 2.84. The van der Waals surface area contributed by atoms with E-state index in [1.54, 1.807) is 39.0 Å². The summed E-state index contributed by atoms with van der Waals surface area (Å²) in [5, 5.41) is 5.52. The molecule has 0 bridgehead atoms. The van der Waals surface area contributed by atoms with Crippen LogP contribution in [0.15, 0.2) is 22.7 Å². The van der Waals surface area contributed by atoms with Gasteiger partial charge < -0.3 is 21.1 Å². The van der Waals surface area contributed by atoms with Crippen LogP contribution in [0.3, 0.4) is 0 Å². The SMILES string of the molecule is CC(C)(C)OC(=O)N[C@@H](CCC(N)=O)C(=O)Nc1cc(Cl)cc(Br)c1. The zero-order valence-electron chi connectivity index (χ0n) is 14.2. The normalized spacial score (nSPS) is 12.2. The highest BCUT2D eigenvalue weighted by atomic mass is 79.9. The first-order valence-electron chi connectivity index (χ1n) is 7.51. The molecule has 7 nitrogen and oxygen atoms in total. The third-order valence-corrected chi connectivity index (χ3v) is 3.49. The van der Waals surface area contributed by atoms with Crippen molar-refractivity contribution in [3.8, 4) is 0 Å². The standard InChI is InChI=1S/C16H21BrClN3O4/c1-16(2,3)25-15(24)21-12(4-5-13(19)22)14(23)20-11-7-9(17)6-10(18)8-11/h6-8,12H,4-5H2,1-3H3,(H2,19,22)(H,20,23)(H,21,24)/t12-/m0/s1. The number of nitrogens with two attached hydrogens (primary N) is 1. The number of halogens is 2. The van der Waals surface area contributed by atoms with Gasteiger partial charge in [-0.15, -0.1) is 0 Å². The van der Waals surface area contributed by atoms with Crippen molar-refractivity contribution in [2.75, 3.05) is 5.32 Å². The minimum absolute atomic E-state index is 0.0438. The fraction of sp³-hybridized carbons (Fsp3) is 0.438. The van der Waals surface area contributed by atoms with Crippen LogP contribution in [0.2, 0.25) is 5.02 Å². The average Bonchev–Trinajstić information content (AvgIpc) is 2.39. The van der Waals surface area contributed by atoms with Crippen molar-refractivity contribution in [2.24, 2.45) is 5.73 Å². The number of carbonyl (C=O) groups is 3. The molecule has 0 aromatic heterocycles. The van der Waals surface area contributed by atoms with Gasteiger partial charge in [-0.3, -0.25) is 9.59 Å². The van der Waals surface area contributed by atoms with Gasteiger partial charge in [0.05, 0.1) is 0 Å². The number of benzene rings is 1. The van der Waals surface area contributed by atoms with Crippen molar-refractivity contribution in [3.63, 3.8) is 0 Å². The average molecular weight is 435 g/mol. The second kappa shape index (κ2) is 9.05. The summed E-state index contributed by atoms with van der Waals surface area (Å²) in [6, 6.07) is 3.89. The Labute approximate surface area is 159 Å². The minimum atomic E-state index is -0.986. The Morgan fingerprint density at radius 1 is 1.28 bits per heavy atom. The number of hydrogen-bond acceptors (Lipinski definition) is 4. The molecule has 0 unspecified atom stereocenters. The highest BCUT2D eigenvalue weighted by molar-refractivity contribution is 9.10. The van der Waals surface area contributed by atoms with Crippen LogP contribution in [0.5, 0.6) is 0 Å². The molecule has 0 aliphatic carbocycles. The fourth-order valence-corrected chi connectivity index (χ4v) is 2.72. The summed E-state index contributed by atoms with van der Waals surface area (Å²) >= 11 is 9.22. The number of hydrogen-bond donors (Lipinski definition) is 3. The second-order valence-corrected chi connectivity index (χ2v) is 7.70. The van der Waals surface area contributed by atoms with E-state index < -0.39 is 29.6 Å². The predicted octanol–water partition coefficient (Wildman–Crippen LogP) is 3.20. The number of amides is 3. The lowest BCUT2D eigenvalue weighted by molar-refractivity contribution is -0.119. The first-order valence-corrected chi connectivity index (χ1v) is 8.68. The van der Waals surface area contributed by atoms with Crippen LogP contribution in [-0.4, -0.2) is 29.6 Å². The van der Waals surface area contributed by atoms with Crippen LogP contribution < -0.4 is 16.4 Å². The summed E-state index contributed by atoms with van der Waals surface area (Å²) < 4.78 is 5.82. The first-order chi connectivity index (χ1) is 11.5. The van der Waals surface area contributed by atoms with Gasteiger partial charge in [0, 0.05) is 21.6 Å². The largest absolute Gasteiger partial charge is 0.444 e. The van der Waals surface area contributed by atoms with E-state index in [4.69, 9.17) is 22.1 Å². The smallest absolute Gasteiger partial charge is 0.408 e. The Kier molecular flexibility index (Phi) is 7.69. The summed E-state index contributed by atoms with van der Waals surface area (Å²) in [6.45, 7) is 5.11. The molecule has 1 rings (SSSR count). The van der Waals surface area contributed by atoms with Crippen molar-refractivity contribution in [1.29, 1.82) is 0 Å². The molecule has 138 valence electrons. The zero-order chi connectivity index (χ0) is 19.2. The molecule has 0 aliphatic heterocycles. The molecule has 0 aliphatic rings. The summed E-state index contributed by atoms with van der Waals surface area (Å²) in [4.78, 5) is 35.4. The highest BCUT2D eigenvalue weighted by Crippen LogP contribution is 2.23. The van der Waals surface area contributed by atoms with Gasteiger partial charge in [-0.1, -0.05) is 27.5 Å². The van der Waals surface area contributed by atoms with Crippen LogP contribution in [0, 0.1) is 0 Å². The monoisotopic (exact) mass is 433 g/mol. The van der Waals surface area contributed by atoms with Crippen LogP contribution in [0.25, 0.3) is 0 Å². The van der Waals surface area contributed by atoms with E-state index in [0.29, 0.717) is 15.2 Å². The lowest BCUT2D eigenvalue weighted by Crippen LogP contribution is -2.46. The Bertz CT molecular complexity index is 641. The Morgan fingerprint density at radius 2 is 1.92 bits per heavy atom. The number of ether oxygens (including phenoxy) is 1. The summed E-state index contributed by atoms with van der Waals surface area (Å²) in [7, 11) is 0. The molecule has 25 heavy (non-hydrogen) atoms. The number of rotatable bonds is 6. The maximum Gasteiger partial charge on any atom is 0.408 e. The predicted molar refractivity (Wildman–Crippen MR) is 99.4 cm³/mol. The molecule has 4 N–H and O–H groups in total. The minimum Gasteiger partial charge on any atom is -0.444 e. The number of anilines is 1. The third kappa shape index (κ3) is 8.74. The quantitative estimate of drug-likeness (QED) is 0.638. The van der Waals surface area contributed by atoms with Crippen molar-refractivity contribution in [3.05, 3.63) is 27.7 Å². The highest BCUT2D eigenvalue weighted by Gasteiger charge is 2.25. The maximum atomic E-state index is 12.5. The molecule has 3 amide bonds. The van der Waals surface area contributed by atoms with Crippen LogP contribution >= 0.6 is 27.5 Å². The molecule has 1 aromatic carbocycles. The molecule has 0 saturated heterocycles. The van der Waals surface area contributed by atoms with Gasteiger partial charge in [-0.25, -0.2) is 4.79 Å². The Hall–Kier alpha value is -1.80. The number of primary amides is 1. The van der Waals surface area contributed by atoms with E-state index in [0.717, 1.165) is 0 Å². The van der Waals surface area contributed by atoms with Gasteiger partial charge in [0.25, 0.3) is 0 Å². The van der Waals surface area contributed by atoms with Crippen molar-refractivity contribution >= 4 is 51.1 Å². The fourth-order valence-electron chi connectivity index (χ4n) is 1.86. The molecular formula is C16H21BrClN3O4. The number of alkyl carbamates (subject to hydrolysis) is 1. The molecular weight excluding hydrogens is 414 g/mol. The van der Waals surface area contributed by atoms with Crippen molar-refractivity contribution in [2.45, 2.75) is 45.3 Å². The van der Waals surface area contributed by atoms with Crippen LogP contribution in [0.1, 0.15) is 33.6 Å². The Morgan fingerprint density at radius 3 is 2.44 bits per heavy atom. The first kappa shape index (κ1) is 21.2. The maximum absolute atomic E-state index is 12.5. The van der Waals surface area contributed by atoms with Gasteiger partial charge in [-0.2, -0.15) is 0 Å². The van der Waals surface area contributed by atoms with Gasteiger partial charge in [0.15, 0.2) is 0 Å². The third-order valence-electron chi connectivity index (χ3n) is 2.82. The van der Waals surface area contributed by atoms with Crippen LogP contribution in [0.4, 0.5) is 10.5 Å². The second-order valence-electron chi connectivity index (χ2n) is 6.35. The van der Waals surface area contributed by atoms with E-state index in [9.17, 15) is 14.4 Å². The van der Waals surface area contributed by atoms with Crippen LogP contribution in [-0.2, 0) is 14.3 Å². The summed E-state index contributed by atoms with van der Waals surface area (Å²) in [6.07, 6.45) is -0.778. The van der Waals surface area contributed by atoms with E-state index >= 15 is 0 Å². The van der Waals surface area contributed by atoms with E-state index in [-0.39, 0.29) is 12.8 Å². The lowest BCUT2D eigenvalue weighted by Gasteiger charge is -2.23. The van der Waals surface area contributed by atoms with Crippen molar-refractivity contribution in [1.82, 2.24) is 5.32 Å². The molecule has 0 spiro atoms. The topological polar surface area (TPSA) is 111 Å². The van der Waals surface area contributed by atoms with E-state index in [1.807, 2.05) is 0 Å². The zero-order valence-corrected chi connectivity index (χ0v) is 16.5. The number of carbonyl (C=O) groups excluding carboxylic acids is 3.